The van der Waals surface area contributed by atoms with Gasteiger partial charge in [-0.25, -0.2) is 0 Å². The third-order valence-corrected chi connectivity index (χ3v) is 6.68. The molecule has 0 bridgehead atoms. The third kappa shape index (κ3) is 4.28. The molecular formula is C25H25N5O4. The number of fused-ring (bicyclic) bond motifs is 2. The van der Waals surface area contributed by atoms with Crippen molar-refractivity contribution >= 4 is 17.5 Å². The minimum absolute atomic E-state index is 0.00606. The van der Waals surface area contributed by atoms with Crippen LogP contribution in [0.5, 0.6) is 0 Å². The predicted molar refractivity (Wildman–Crippen MR) is 124 cm³/mol. The molecule has 1 aromatic heterocycles. The molecule has 2 N–H and O–H groups in total. The fourth-order valence-corrected chi connectivity index (χ4v) is 4.85. The summed E-state index contributed by atoms with van der Waals surface area (Å²) >= 11 is 0. The Bertz CT molecular complexity index is 1250. The van der Waals surface area contributed by atoms with Crippen LogP contribution in [0.2, 0.25) is 0 Å². The summed E-state index contributed by atoms with van der Waals surface area (Å²) in [7, 11) is 0. The van der Waals surface area contributed by atoms with Crippen LogP contribution < -0.4 is 5.32 Å². The number of benzene rings is 2. The average Bonchev–Trinajstić information content (AvgIpc) is 3.28. The molecule has 5 rings (SSSR count). The van der Waals surface area contributed by atoms with Crippen LogP contribution in [0.25, 0.3) is 0 Å². The highest BCUT2D eigenvalue weighted by Crippen LogP contribution is 2.30. The van der Waals surface area contributed by atoms with E-state index in [2.05, 4.69) is 27.6 Å². The molecule has 2 heterocycles. The molecule has 1 aliphatic heterocycles. The summed E-state index contributed by atoms with van der Waals surface area (Å²) < 4.78 is 0. The van der Waals surface area contributed by atoms with E-state index in [0.29, 0.717) is 30.8 Å². The second-order valence-electron chi connectivity index (χ2n) is 8.81. The van der Waals surface area contributed by atoms with Gasteiger partial charge in [0.2, 0.25) is 5.91 Å². The van der Waals surface area contributed by atoms with E-state index in [1.807, 2.05) is 12.1 Å². The number of aryl methyl sites for hydroxylation is 1. The smallest absolute Gasteiger partial charge is 0.272 e. The highest BCUT2D eigenvalue weighted by molar-refractivity contribution is 5.94. The highest BCUT2D eigenvalue weighted by atomic mass is 16.6. The Balaban J connectivity index is 1.27. The van der Waals surface area contributed by atoms with Gasteiger partial charge in [0.1, 0.15) is 0 Å². The number of nitro benzene ring substituents is 1. The second-order valence-corrected chi connectivity index (χ2v) is 8.81. The first kappa shape index (κ1) is 21.8. The summed E-state index contributed by atoms with van der Waals surface area (Å²) in [5.41, 5.74) is 5.11. The first-order valence-electron chi connectivity index (χ1n) is 11.5. The van der Waals surface area contributed by atoms with Crippen molar-refractivity contribution in [2.45, 2.75) is 44.7 Å². The SMILES string of the molecule is O=C(NC1CCCc2ccccc21)c1n[nH]c2c1CN(C(=O)Cc1ccc([N+](=O)[O-])cc1)CC2. The first-order valence-corrected chi connectivity index (χ1v) is 11.5. The number of H-pyrrole nitrogens is 1. The van der Waals surface area contributed by atoms with Gasteiger partial charge in [0, 0.05) is 42.9 Å². The van der Waals surface area contributed by atoms with Crippen LogP contribution in [0, 0.1) is 10.1 Å². The summed E-state index contributed by atoms with van der Waals surface area (Å²) in [6, 6.07) is 14.2. The Morgan fingerprint density at radius 1 is 1.15 bits per heavy atom. The van der Waals surface area contributed by atoms with Crippen LogP contribution >= 0.6 is 0 Å². The number of carbonyl (C=O) groups excluding carboxylic acids is 2. The maximum absolute atomic E-state index is 13.2. The number of aromatic nitrogens is 2. The summed E-state index contributed by atoms with van der Waals surface area (Å²) in [5.74, 6) is -0.322. The van der Waals surface area contributed by atoms with E-state index in [0.717, 1.165) is 36.1 Å². The summed E-state index contributed by atoms with van der Waals surface area (Å²) in [6.45, 7) is 0.833. The molecular weight excluding hydrogens is 434 g/mol. The normalized spacial score (nSPS) is 16.9. The Morgan fingerprint density at radius 3 is 2.74 bits per heavy atom. The maximum atomic E-state index is 13.2. The number of non-ortho nitro benzene ring substituents is 1. The van der Waals surface area contributed by atoms with E-state index in [1.165, 1.54) is 17.7 Å². The van der Waals surface area contributed by atoms with Crippen molar-refractivity contribution in [3.63, 3.8) is 0 Å². The largest absolute Gasteiger partial charge is 0.344 e. The van der Waals surface area contributed by atoms with Gasteiger partial charge in [0.05, 0.1) is 17.4 Å². The summed E-state index contributed by atoms with van der Waals surface area (Å²) in [6.07, 6.45) is 3.66. The number of nitrogens with one attached hydrogen (secondary N) is 2. The van der Waals surface area contributed by atoms with Crippen molar-refractivity contribution in [1.29, 1.82) is 0 Å². The lowest BCUT2D eigenvalue weighted by Crippen LogP contribution is -2.38. The van der Waals surface area contributed by atoms with Gasteiger partial charge in [-0.1, -0.05) is 36.4 Å². The molecule has 1 aliphatic carbocycles. The fraction of sp³-hybridized carbons (Fsp3) is 0.320. The van der Waals surface area contributed by atoms with Crippen LogP contribution in [-0.2, 0) is 30.6 Å². The van der Waals surface area contributed by atoms with Gasteiger partial charge in [-0.05, 0) is 36.0 Å². The van der Waals surface area contributed by atoms with Crippen LogP contribution in [0.3, 0.4) is 0 Å². The average molecular weight is 460 g/mol. The Morgan fingerprint density at radius 2 is 1.94 bits per heavy atom. The zero-order valence-electron chi connectivity index (χ0n) is 18.6. The lowest BCUT2D eigenvalue weighted by molar-refractivity contribution is -0.384. The molecule has 0 fully saturated rings. The molecule has 2 amide bonds. The van der Waals surface area contributed by atoms with E-state index in [1.54, 1.807) is 17.0 Å². The maximum Gasteiger partial charge on any atom is 0.272 e. The van der Waals surface area contributed by atoms with E-state index in [9.17, 15) is 19.7 Å². The summed E-state index contributed by atoms with van der Waals surface area (Å²) in [5, 5.41) is 21.2. The molecule has 2 aromatic carbocycles. The second kappa shape index (κ2) is 9.09. The first-order chi connectivity index (χ1) is 16.5. The fourth-order valence-electron chi connectivity index (χ4n) is 4.85. The number of nitrogens with zero attached hydrogens (tertiary/aromatic N) is 3. The van der Waals surface area contributed by atoms with E-state index >= 15 is 0 Å². The minimum Gasteiger partial charge on any atom is -0.344 e. The number of nitro groups is 1. The van der Waals surface area contributed by atoms with Crippen LogP contribution in [0.4, 0.5) is 5.69 Å². The number of hydrogen-bond donors (Lipinski definition) is 2. The molecule has 3 aromatic rings. The van der Waals surface area contributed by atoms with Gasteiger partial charge in [0.15, 0.2) is 5.69 Å². The lowest BCUT2D eigenvalue weighted by Gasteiger charge is -2.28. The van der Waals surface area contributed by atoms with Gasteiger partial charge in [-0.3, -0.25) is 24.8 Å². The van der Waals surface area contributed by atoms with Crippen molar-refractivity contribution in [3.8, 4) is 0 Å². The molecule has 0 saturated heterocycles. The van der Waals surface area contributed by atoms with Crippen LogP contribution in [0.1, 0.15) is 57.3 Å². The Hall–Kier alpha value is -4.01. The van der Waals surface area contributed by atoms with Gasteiger partial charge >= 0.3 is 0 Å². The zero-order chi connectivity index (χ0) is 23.7. The topological polar surface area (TPSA) is 121 Å². The standard InChI is InChI=1S/C25H25N5O4/c31-23(14-16-8-10-18(11-9-16)30(33)34)29-13-12-22-20(15-29)24(28-27-22)25(32)26-21-7-3-5-17-4-1-2-6-19(17)21/h1-2,4,6,8-11,21H,3,5,7,12-15H2,(H,26,32)(H,27,28). The van der Waals surface area contributed by atoms with Crippen molar-refractivity contribution in [2.24, 2.45) is 0 Å². The molecule has 9 heteroatoms. The molecule has 0 spiro atoms. The van der Waals surface area contributed by atoms with Crippen molar-refractivity contribution < 1.29 is 14.5 Å². The molecule has 2 aliphatic rings. The number of rotatable bonds is 5. The number of amides is 2. The highest BCUT2D eigenvalue weighted by Gasteiger charge is 2.30. The van der Waals surface area contributed by atoms with Gasteiger partial charge in [-0.15, -0.1) is 0 Å². The Labute approximate surface area is 196 Å². The van der Waals surface area contributed by atoms with E-state index in [-0.39, 0.29) is 30.0 Å². The minimum atomic E-state index is -0.463. The third-order valence-electron chi connectivity index (χ3n) is 6.68. The van der Waals surface area contributed by atoms with Crippen LogP contribution in [0.15, 0.2) is 48.5 Å². The van der Waals surface area contributed by atoms with E-state index in [4.69, 9.17) is 0 Å². The molecule has 0 radical (unpaired) electrons. The molecule has 34 heavy (non-hydrogen) atoms. The number of aromatic amines is 1. The lowest BCUT2D eigenvalue weighted by atomic mass is 9.87. The molecule has 174 valence electrons. The molecule has 1 unspecified atom stereocenters. The van der Waals surface area contributed by atoms with Gasteiger partial charge < -0.3 is 10.2 Å². The van der Waals surface area contributed by atoms with Crippen molar-refractivity contribution in [2.75, 3.05) is 6.54 Å². The molecule has 1 atom stereocenters. The predicted octanol–water partition coefficient (Wildman–Crippen LogP) is 3.25. The summed E-state index contributed by atoms with van der Waals surface area (Å²) in [4.78, 5) is 38.2. The van der Waals surface area contributed by atoms with Gasteiger partial charge in [-0.2, -0.15) is 5.10 Å². The Kier molecular flexibility index (Phi) is 5.83. The van der Waals surface area contributed by atoms with Crippen LogP contribution in [-0.4, -0.2) is 38.4 Å². The molecule has 9 nitrogen and oxygen atoms in total. The van der Waals surface area contributed by atoms with E-state index < -0.39 is 4.92 Å². The zero-order valence-corrected chi connectivity index (χ0v) is 18.6. The quantitative estimate of drug-likeness (QED) is 0.448. The van der Waals surface area contributed by atoms with Gasteiger partial charge in [0.25, 0.3) is 11.6 Å². The van der Waals surface area contributed by atoms with Crippen molar-refractivity contribution in [3.05, 3.63) is 92.3 Å². The monoisotopic (exact) mass is 459 g/mol. The molecule has 0 saturated carbocycles. The number of carbonyl (C=O) groups is 2. The van der Waals surface area contributed by atoms with Crippen molar-refractivity contribution in [1.82, 2.24) is 20.4 Å². The number of hydrogen-bond acceptors (Lipinski definition) is 5.